The Hall–Kier alpha value is -0.520. The fraction of sp³-hybridized carbons (Fsp3) is 0.789. The van der Waals surface area contributed by atoms with Crippen molar-refractivity contribution in [3.8, 4) is 0 Å². The van der Waals surface area contributed by atoms with Gasteiger partial charge in [0.2, 0.25) is 0 Å². The van der Waals surface area contributed by atoms with Crippen molar-refractivity contribution in [3.05, 3.63) is 23.8 Å². The van der Waals surface area contributed by atoms with Gasteiger partial charge >= 0.3 is 0 Å². The molecule has 5 unspecified atom stereocenters. The predicted molar refractivity (Wildman–Crippen MR) is 85.1 cm³/mol. The van der Waals surface area contributed by atoms with Crippen LogP contribution in [-0.4, -0.2) is 0 Å². The highest BCUT2D eigenvalue weighted by Crippen LogP contribution is 2.44. The van der Waals surface area contributed by atoms with Crippen molar-refractivity contribution >= 4 is 0 Å². The van der Waals surface area contributed by atoms with Crippen LogP contribution in [0.25, 0.3) is 0 Å². The van der Waals surface area contributed by atoms with Gasteiger partial charge in [0.05, 0.1) is 0 Å². The SMILES string of the molecule is C=CC1=C(C(C)C(C)C2CCCC2C)CCCC1C. The molecule has 1 fully saturated rings. The van der Waals surface area contributed by atoms with E-state index in [0.717, 1.165) is 29.6 Å². The molecular weight excluding hydrogens is 228 g/mol. The van der Waals surface area contributed by atoms with Gasteiger partial charge in [-0.15, -0.1) is 0 Å². The van der Waals surface area contributed by atoms with E-state index in [2.05, 4.69) is 40.3 Å². The second-order valence-electron chi connectivity index (χ2n) is 7.20. The number of allylic oxidation sites excluding steroid dienone is 3. The summed E-state index contributed by atoms with van der Waals surface area (Å²) in [5.74, 6) is 4.21. The smallest absolute Gasteiger partial charge is 0.0191 e. The van der Waals surface area contributed by atoms with Gasteiger partial charge in [-0.25, -0.2) is 0 Å². The minimum Gasteiger partial charge on any atom is -0.0988 e. The molecule has 19 heavy (non-hydrogen) atoms. The average Bonchev–Trinajstić information content (AvgIpc) is 2.83. The molecule has 0 nitrogen and oxygen atoms in total. The summed E-state index contributed by atoms with van der Waals surface area (Å²) in [5, 5.41) is 0. The van der Waals surface area contributed by atoms with Gasteiger partial charge in [-0.3, -0.25) is 0 Å². The molecule has 1 saturated carbocycles. The minimum absolute atomic E-state index is 0.733. The third-order valence-corrected chi connectivity index (χ3v) is 6.15. The van der Waals surface area contributed by atoms with Crippen molar-refractivity contribution in [2.75, 3.05) is 0 Å². The highest BCUT2D eigenvalue weighted by atomic mass is 14.4. The van der Waals surface area contributed by atoms with Gasteiger partial charge < -0.3 is 0 Å². The number of hydrogen-bond acceptors (Lipinski definition) is 0. The maximum atomic E-state index is 4.08. The molecule has 0 amide bonds. The first-order valence-corrected chi connectivity index (χ1v) is 8.41. The van der Waals surface area contributed by atoms with Gasteiger partial charge in [0.1, 0.15) is 0 Å². The number of rotatable bonds is 4. The highest BCUT2D eigenvalue weighted by Gasteiger charge is 2.33. The molecule has 0 N–H and O–H groups in total. The Morgan fingerprint density at radius 3 is 2.42 bits per heavy atom. The molecule has 5 atom stereocenters. The normalized spacial score (nSPS) is 35.3. The first kappa shape index (κ1) is 14.9. The Bertz CT molecular complexity index is 349. The molecule has 0 spiro atoms. The standard InChI is InChI=1S/C19H32/c1-6-17-13(2)9-8-12-19(17)16(5)15(4)18-11-7-10-14(18)3/h6,13-16,18H,1,7-12H2,2-5H3. The molecule has 0 heteroatoms. The summed E-state index contributed by atoms with van der Waals surface area (Å²) in [6.45, 7) is 13.9. The molecule has 2 aliphatic carbocycles. The molecule has 0 radical (unpaired) electrons. The molecule has 0 bridgehead atoms. The summed E-state index contributed by atoms with van der Waals surface area (Å²) in [6.07, 6.45) is 10.6. The maximum absolute atomic E-state index is 4.08. The van der Waals surface area contributed by atoms with Crippen LogP contribution in [0.1, 0.15) is 66.2 Å². The molecule has 0 saturated heterocycles. The lowest BCUT2D eigenvalue weighted by Crippen LogP contribution is -2.25. The Labute approximate surface area is 120 Å². The van der Waals surface area contributed by atoms with Gasteiger partial charge in [0.15, 0.2) is 0 Å². The summed E-state index contributed by atoms with van der Waals surface area (Å²) in [6, 6.07) is 0. The van der Waals surface area contributed by atoms with E-state index in [0.29, 0.717) is 0 Å². The minimum atomic E-state index is 0.733. The second kappa shape index (κ2) is 6.29. The molecule has 108 valence electrons. The molecule has 2 rings (SSSR count). The topological polar surface area (TPSA) is 0 Å². The summed E-state index contributed by atoms with van der Waals surface area (Å²) < 4.78 is 0. The fourth-order valence-corrected chi connectivity index (χ4v) is 4.68. The van der Waals surface area contributed by atoms with Crippen molar-refractivity contribution in [1.29, 1.82) is 0 Å². The van der Waals surface area contributed by atoms with Crippen LogP contribution >= 0.6 is 0 Å². The fourth-order valence-electron chi connectivity index (χ4n) is 4.68. The summed E-state index contributed by atoms with van der Waals surface area (Å²) in [5.41, 5.74) is 3.32. The van der Waals surface area contributed by atoms with E-state index in [1.54, 1.807) is 11.1 Å². The van der Waals surface area contributed by atoms with Crippen molar-refractivity contribution in [2.45, 2.75) is 66.2 Å². The van der Waals surface area contributed by atoms with Crippen molar-refractivity contribution in [2.24, 2.45) is 29.6 Å². The van der Waals surface area contributed by atoms with E-state index < -0.39 is 0 Å². The van der Waals surface area contributed by atoms with Gasteiger partial charge in [-0.05, 0) is 60.8 Å². The molecular formula is C19H32. The van der Waals surface area contributed by atoms with E-state index in [1.807, 2.05) is 0 Å². The Balaban J connectivity index is 2.17. The molecule has 0 heterocycles. The lowest BCUT2D eigenvalue weighted by molar-refractivity contribution is 0.235. The zero-order valence-corrected chi connectivity index (χ0v) is 13.4. The summed E-state index contributed by atoms with van der Waals surface area (Å²) in [7, 11) is 0. The first-order valence-electron chi connectivity index (χ1n) is 8.41. The second-order valence-corrected chi connectivity index (χ2v) is 7.20. The van der Waals surface area contributed by atoms with Gasteiger partial charge in [0, 0.05) is 0 Å². The van der Waals surface area contributed by atoms with Crippen LogP contribution in [-0.2, 0) is 0 Å². The monoisotopic (exact) mass is 260 g/mol. The van der Waals surface area contributed by atoms with E-state index in [-0.39, 0.29) is 0 Å². The first-order chi connectivity index (χ1) is 9.06. The van der Waals surface area contributed by atoms with Crippen molar-refractivity contribution < 1.29 is 0 Å². The summed E-state index contributed by atoms with van der Waals surface area (Å²) in [4.78, 5) is 0. The highest BCUT2D eigenvalue weighted by molar-refractivity contribution is 5.30. The summed E-state index contributed by atoms with van der Waals surface area (Å²) >= 11 is 0. The molecule has 0 aliphatic heterocycles. The van der Waals surface area contributed by atoms with E-state index >= 15 is 0 Å². The van der Waals surface area contributed by atoms with Crippen LogP contribution in [0.4, 0.5) is 0 Å². The predicted octanol–water partition coefficient (Wildman–Crippen LogP) is 6.00. The van der Waals surface area contributed by atoms with Crippen LogP contribution in [0.3, 0.4) is 0 Å². The largest absolute Gasteiger partial charge is 0.0988 e. The van der Waals surface area contributed by atoms with Crippen molar-refractivity contribution in [3.63, 3.8) is 0 Å². The molecule has 0 aromatic carbocycles. The van der Waals surface area contributed by atoms with E-state index in [9.17, 15) is 0 Å². The van der Waals surface area contributed by atoms with Gasteiger partial charge in [0.25, 0.3) is 0 Å². The quantitative estimate of drug-likeness (QED) is 0.581. The maximum Gasteiger partial charge on any atom is -0.0191 e. The molecule has 0 aromatic heterocycles. The van der Waals surface area contributed by atoms with Crippen LogP contribution < -0.4 is 0 Å². The van der Waals surface area contributed by atoms with Crippen molar-refractivity contribution in [1.82, 2.24) is 0 Å². The Morgan fingerprint density at radius 2 is 1.84 bits per heavy atom. The molecule has 2 aliphatic rings. The third kappa shape index (κ3) is 2.98. The van der Waals surface area contributed by atoms with Gasteiger partial charge in [-0.1, -0.05) is 58.8 Å². The zero-order valence-electron chi connectivity index (χ0n) is 13.4. The zero-order chi connectivity index (χ0) is 14.0. The Kier molecular flexibility index (Phi) is 4.92. The Morgan fingerprint density at radius 1 is 1.11 bits per heavy atom. The lowest BCUT2D eigenvalue weighted by Gasteiger charge is -2.35. The number of hydrogen-bond donors (Lipinski definition) is 0. The van der Waals surface area contributed by atoms with E-state index in [4.69, 9.17) is 0 Å². The lowest BCUT2D eigenvalue weighted by atomic mass is 9.70. The van der Waals surface area contributed by atoms with E-state index in [1.165, 1.54) is 38.5 Å². The molecule has 0 aromatic rings. The third-order valence-electron chi connectivity index (χ3n) is 6.15. The van der Waals surface area contributed by atoms with Crippen LogP contribution in [0.15, 0.2) is 23.8 Å². The van der Waals surface area contributed by atoms with Gasteiger partial charge in [-0.2, -0.15) is 0 Å². The van der Waals surface area contributed by atoms with Crippen LogP contribution in [0.2, 0.25) is 0 Å². The van der Waals surface area contributed by atoms with Crippen LogP contribution in [0, 0.1) is 29.6 Å². The van der Waals surface area contributed by atoms with Crippen LogP contribution in [0.5, 0.6) is 0 Å². The average molecular weight is 260 g/mol.